The fourth-order valence-corrected chi connectivity index (χ4v) is 1.71. The number of rotatable bonds is 5. The summed E-state index contributed by atoms with van der Waals surface area (Å²) in [7, 11) is 1.42. The summed E-state index contributed by atoms with van der Waals surface area (Å²) in [4.78, 5) is 10.9. The molecule has 1 rings (SSSR count). The van der Waals surface area contributed by atoms with Crippen LogP contribution in [0, 0.1) is 0 Å². The van der Waals surface area contributed by atoms with Crippen molar-refractivity contribution in [3.63, 3.8) is 0 Å². The molecule has 15 heavy (non-hydrogen) atoms. The van der Waals surface area contributed by atoms with E-state index in [1.165, 1.54) is 18.2 Å². The highest BCUT2D eigenvalue weighted by Gasteiger charge is 2.00. The van der Waals surface area contributed by atoms with Crippen molar-refractivity contribution in [1.82, 2.24) is 0 Å². The lowest BCUT2D eigenvalue weighted by atomic mass is 10.1. The Bertz CT molecular complexity index is 306. The summed E-state index contributed by atoms with van der Waals surface area (Å²) < 4.78 is 4.58. The minimum Gasteiger partial charge on any atom is -0.469 e. The zero-order valence-electron chi connectivity index (χ0n) is 8.83. The predicted molar refractivity (Wildman–Crippen MR) is 64.0 cm³/mol. The molecular weight excluding hydrogens is 256 g/mol. The molecule has 0 N–H and O–H groups in total. The van der Waals surface area contributed by atoms with E-state index in [1.807, 2.05) is 0 Å². The van der Waals surface area contributed by atoms with E-state index in [0.29, 0.717) is 6.42 Å². The lowest BCUT2D eigenvalue weighted by Gasteiger charge is -2.02. The highest BCUT2D eigenvalue weighted by molar-refractivity contribution is 9.08. The summed E-state index contributed by atoms with van der Waals surface area (Å²) in [5.41, 5.74) is 2.54. The molecule has 0 unspecified atom stereocenters. The summed E-state index contributed by atoms with van der Waals surface area (Å²) in [6, 6.07) is 8.41. The lowest BCUT2D eigenvalue weighted by Crippen LogP contribution is -2.00. The summed E-state index contributed by atoms with van der Waals surface area (Å²) in [6.07, 6.45) is 2.27. The van der Waals surface area contributed by atoms with Gasteiger partial charge in [-0.1, -0.05) is 40.2 Å². The van der Waals surface area contributed by atoms with Crippen molar-refractivity contribution < 1.29 is 9.53 Å². The number of esters is 1. The minimum atomic E-state index is -0.132. The predicted octanol–water partition coefficient (Wildman–Crippen LogP) is 3.08. The number of ether oxygens (including phenoxy) is 1. The molecule has 0 bridgehead atoms. The summed E-state index contributed by atoms with van der Waals surface area (Å²) >= 11 is 3.40. The van der Waals surface area contributed by atoms with Gasteiger partial charge in [-0.25, -0.2) is 0 Å². The molecule has 0 aliphatic carbocycles. The fourth-order valence-electron chi connectivity index (χ4n) is 1.33. The van der Waals surface area contributed by atoms with Crippen LogP contribution in [0.4, 0.5) is 0 Å². The van der Waals surface area contributed by atoms with Crippen molar-refractivity contribution in [2.75, 3.05) is 7.11 Å². The zero-order chi connectivity index (χ0) is 11.1. The molecule has 0 heterocycles. The second kappa shape index (κ2) is 6.62. The Morgan fingerprint density at radius 2 is 1.87 bits per heavy atom. The number of benzene rings is 1. The van der Waals surface area contributed by atoms with E-state index >= 15 is 0 Å². The number of hydrogen-bond donors (Lipinski definition) is 0. The van der Waals surface area contributed by atoms with Crippen LogP contribution in [0.5, 0.6) is 0 Å². The Hall–Kier alpha value is -0.830. The summed E-state index contributed by atoms with van der Waals surface area (Å²) in [6.45, 7) is 0. The third-order valence-electron chi connectivity index (χ3n) is 2.25. The second-order valence-corrected chi connectivity index (χ2v) is 3.94. The largest absolute Gasteiger partial charge is 0.469 e. The standard InChI is InChI=1S/C12H15BrO2/c1-15-12(14)4-2-3-10-5-7-11(9-13)8-6-10/h5-8H,2-4,9H2,1H3. The summed E-state index contributed by atoms with van der Waals surface area (Å²) in [5, 5.41) is 0.884. The Morgan fingerprint density at radius 1 is 1.27 bits per heavy atom. The molecule has 1 aromatic carbocycles. The van der Waals surface area contributed by atoms with Crippen molar-refractivity contribution in [1.29, 1.82) is 0 Å². The third-order valence-corrected chi connectivity index (χ3v) is 2.90. The van der Waals surface area contributed by atoms with Crippen LogP contribution in [0.3, 0.4) is 0 Å². The quantitative estimate of drug-likeness (QED) is 0.607. The fraction of sp³-hybridized carbons (Fsp3) is 0.417. The molecule has 0 aromatic heterocycles. The minimum absolute atomic E-state index is 0.132. The van der Waals surface area contributed by atoms with E-state index in [-0.39, 0.29) is 5.97 Å². The Kier molecular flexibility index (Phi) is 5.40. The molecule has 0 aliphatic heterocycles. The summed E-state index contributed by atoms with van der Waals surface area (Å²) in [5.74, 6) is -0.132. The van der Waals surface area contributed by atoms with Gasteiger partial charge in [0.25, 0.3) is 0 Å². The van der Waals surface area contributed by atoms with Gasteiger partial charge in [0.2, 0.25) is 0 Å². The monoisotopic (exact) mass is 270 g/mol. The van der Waals surface area contributed by atoms with Gasteiger partial charge in [-0.3, -0.25) is 4.79 Å². The van der Waals surface area contributed by atoms with E-state index in [4.69, 9.17) is 0 Å². The molecule has 82 valence electrons. The number of halogens is 1. The second-order valence-electron chi connectivity index (χ2n) is 3.38. The number of alkyl halides is 1. The van der Waals surface area contributed by atoms with Crippen molar-refractivity contribution in [2.45, 2.75) is 24.6 Å². The van der Waals surface area contributed by atoms with Gasteiger partial charge in [-0.15, -0.1) is 0 Å². The van der Waals surface area contributed by atoms with Crippen LogP contribution in [-0.4, -0.2) is 13.1 Å². The van der Waals surface area contributed by atoms with Crippen molar-refractivity contribution >= 4 is 21.9 Å². The van der Waals surface area contributed by atoms with Crippen molar-refractivity contribution in [3.05, 3.63) is 35.4 Å². The van der Waals surface area contributed by atoms with Crippen LogP contribution in [0.2, 0.25) is 0 Å². The first kappa shape index (κ1) is 12.2. The van der Waals surface area contributed by atoms with Gasteiger partial charge < -0.3 is 4.74 Å². The first-order chi connectivity index (χ1) is 7.26. The molecule has 0 saturated carbocycles. The molecule has 0 radical (unpaired) electrons. The van der Waals surface area contributed by atoms with Crippen LogP contribution in [0.1, 0.15) is 24.0 Å². The number of carbonyl (C=O) groups is 1. The first-order valence-corrected chi connectivity index (χ1v) is 6.09. The Morgan fingerprint density at radius 3 is 2.40 bits per heavy atom. The average Bonchev–Trinajstić information content (AvgIpc) is 2.29. The molecule has 0 amide bonds. The number of aryl methyl sites for hydroxylation is 1. The third kappa shape index (κ3) is 4.47. The molecule has 2 nitrogen and oxygen atoms in total. The van der Waals surface area contributed by atoms with Gasteiger partial charge in [-0.05, 0) is 24.0 Å². The molecule has 1 aromatic rings. The van der Waals surface area contributed by atoms with E-state index in [2.05, 4.69) is 44.9 Å². The zero-order valence-corrected chi connectivity index (χ0v) is 10.4. The highest BCUT2D eigenvalue weighted by Crippen LogP contribution is 2.10. The number of hydrogen-bond acceptors (Lipinski definition) is 2. The van der Waals surface area contributed by atoms with Gasteiger partial charge in [0.15, 0.2) is 0 Å². The van der Waals surface area contributed by atoms with Crippen LogP contribution >= 0.6 is 15.9 Å². The van der Waals surface area contributed by atoms with Crippen LogP contribution in [-0.2, 0) is 21.3 Å². The molecule has 0 atom stereocenters. The van der Waals surface area contributed by atoms with Gasteiger partial charge in [-0.2, -0.15) is 0 Å². The van der Waals surface area contributed by atoms with E-state index < -0.39 is 0 Å². The first-order valence-electron chi connectivity index (χ1n) is 4.97. The smallest absolute Gasteiger partial charge is 0.305 e. The average molecular weight is 271 g/mol. The van der Waals surface area contributed by atoms with E-state index in [1.54, 1.807) is 0 Å². The normalized spacial score (nSPS) is 10.0. The molecular formula is C12H15BrO2. The van der Waals surface area contributed by atoms with E-state index in [9.17, 15) is 4.79 Å². The Balaban J connectivity index is 2.34. The molecule has 3 heteroatoms. The van der Waals surface area contributed by atoms with Gasteiger partial charge in [0, 0.05) is 11.8 Å². The van der Waals surface area contributed by atoms with Gasteiger partial charge >= 0.3 is 5.97 Å². The van der Waals surface area contributed by atoms with Gasteiger partial charge in [0.05, 0.1) is 7.11 Å². The van der Waals surface area contributed by atoms with Crippen LogP contribution < -0.4 is 0 Å². The van der Waals surface area contributed by atoms with E-state index in [0.717, 1.165) is 18.2 Å². The maximum atomic E-state index is 10.9. The molecule has 0 fully saturated rings. The highest BCUT2D eigenvalue weighted by atomic mass is 79.9. The maximum Gasteiger partial charge on any atom is 0.305 e. The van der Waals surface area contributed by atoms with Gasteiger partial charge in [0.1, 0.15) is 0 Å². The van der Waals surface area contributed by atoms with Crippen LogP contribution in [0.25, 0.3) is 0 Å². The Labute approximate surface area is 98.8 Å². The van der Waals surface area contributed by atoms with Crippen LogP contribution in [0.15, 0.2) is 24.3 Å². The topological polar surface area (TPSA) is 26.3 Å². The van der Waals surface area contributed by atoms with Crippen molar-refractivity contribution in [2.24, 2.45) is 0 Å². The number of carbonyl (C=O) groups excluding carboxylic acids is 1. The number of methoxy groups -OCH3 is 1. The molecule has 0 spiro atoms. The molecule has 0 saturated heterocycles. The SMILES string of the molecule is COC(=O)CCCc1ccc(CBr)cc1. The molecule has 0 aliphatic rings. The lowest BCUT2D eigenvalue weighted by molar-refractivity contribution is -0.140. The maximum absolute atomic E-state index is 10.9. The van der Waals surface area contributed by atoms with Crippen molar-refractivity contribution in [3.8, 4) is 0 Å².